The van der Waals surface area contributed by atoms with Crippen molar-refractivity contribution in [2.24, 2.45) is 11.7 Å². The van der Waals surface area contributed by atoms with Crippen molar-refractivity contribution < 1.29 is 4.74 Å². The predicted octanol–water partition coefficient (Wildman–Crippen LogP) is 2.15. The number of rotatable bonds is 2. The first-order valence-corrected chi connectivity index (χ1v) is 5.24. The molecular formula is C12H17NO. The van der Waals surface area contributed by atoms with E-state index in [9.17, 15) is 0 Å². The van der Waals surface area contributed by atoms with Crippen LogP contribution in [0, 0.1) is 5.92 Å². The van der Waals surface area contributed by atoms with Crippen molar-refractivity contribution in [2.45, 2.75) is 19.3 Å². The Balaban J connectivity index is 2.31. The van der Waals surface area contributed by atoms with E-state index in [4.69, 9.17) is 10.5 Å². The molecule has 1 heterocycles. The van der Waals surface area contributed by atoms with E-state index in [1.54, 1.807) is 0 Å². The summed E-state index contributed by atoms with van der Waals surface area (Å²) in [6.45, 7) is 3.81. The predicted molar refractivity (Wildman–Crippen MR) is 57.5 cm³/mol. The zero-order chi connectivity index (χ0) is 9.97. The van der Waals surface area contributed by atoms with Crippen molar-refractivity contribution >= 4 is 0 Å². The fraction of sp³-hybridized carbons (Fsp3) is 0.500. The number of nitrogens with two attached hydrogens (primary N) is 1. The lowest BCUT2D eigenvalue weighted by molar-refractivity contribution is 0.201. The summed E-state index contributed by atoms with van der Waals surface area (Å²) >= 11 is 0. The van der Waals surface area contributed by atoms with E-state index in [2.05, 4.69) is 19.1 Å². The minimum absolute atomic E-state index is 0.574. The van der Waals surface area contributed by atoms with Gasteiger partial charge in [-0.1, -0.05) is 25.1 Å². The van der Waals surface area contributed by atoms with Gasteiger partial charge >= 0.3 is 0 Å². The molecule has 0 spiro atoms. The van der Waals surface area contributed by atoms with Crippen LogP contribution in [0.15, 0.2) is 24.3 Å². The highest BCUT2D eigenvalue weighted by Gasteiger charge is 2.26. The van der Waals surface area contributed by atoms with Gasteiger partial charge in [0.05, 0.1) is 6.61 Å². The molecule has 0 saturated heterocycles. The highest BCUT2D eigenvalue weighted by Crippen LogP contribution is 2.38. The highest BCUT2D eigenvalue weighted by molar-refractivity contribution is 5.38. The number of hydrogen-bond donors (Lipinski definition) is 1. The van der Waals surface area contributed by atoms with Gasteiger partial charge in [-0.15, -0.1) is 0 Å². The Morgan fingerprint density at radius 2 is 2.21 bits per heavy atom. The van der Waals surface area contributed by atoms with Crippen molar-refractivity contribution in [3.63, 3.8) is 0 Å². The minimum Gasteiger partial charge on any atom is -0.493 e. The zero-order valence-electron chi connectivity index (χ0n) is 8.57. The van der Waals surface area contributed by atoms with Crippen LogP contribution in [-0.2, 0) is 0 Å². The monoisotopic (exact) mass is 191 g/mol. The summed E-state index contributed by atoms with van der Waals surface area (Å²) in [6.07, 6.45) is 1.06. The Morgan fingerprint density at radius 3 is 3.00 bits per heavy atom. The van der Waals surface area contributed by atoms with Gasteiger partial charge in [0.2, 0.25) is 0 Å². The smallest absolute Gasteiger partial charge is 0.122 e. The summed E-state index contributed by atoms with van der Waals surface area (Å²) in [4.78, 5) is 0. The van der Waals surface area contributed by atoms with Gasteiger partial charge in [0.15, 0.2) is 0 Å². The number of ether oxygens (including phenoxy) is 1. The van der Waals surface area contributed by atoms with Gasteiger partial charge in [-0.05, 0) is 36.4 Å². The molecule has 0 radical (unpaired) electrons. The second kappa shape index (κ2) is 4.01. The van der Waals surface area contributed by atoms with E-state index in [1.165, 1.54) is 5.56 Å². The molecule has 2 unspecified atom stereocenters. The van der Waals surface area contributed by atoms with Crippen LogP contribution in [-0.4, -0.2) is 13.2 Å². The third-order valence-electron chi connectivity index (χ3n) is 2.98. The first-order chi connectivity index (χ1) is 6.83. The van der Waals surface area contributed by atoms with Gasteiger partial charge in [-0.2, -0.15) is 0 Å². The summed E-state index contributed by atoms with van der Waals surface area (Å²) < 4.78 is 5.67. The van der Waals surface area contributed by atoms with Crippen LogP contribution in [0.3, 0.4) is 0 Å². The number of para-hydroxylation sites is 1. The van der Waals surface area contributed by atoms with Crippen LogP contribution < -0.4 is 10.5 Å². The highest BCUT2D eigenvalue weighted by atomic mass is 16.5. The summed E-state index contributed by atoms with van der Waals surface area (Å²) in [5.74, 6) is 2.20. The van der Waals surface area contributed by atoms with Gasteiger partial charge < -0.3 is 10.5 Å². The van der Waals surface area contributed by atoms with Crippen molar-refractivity contribution in [2.75, 3.05) is 13.2 Å². The summed E-state index contributed by atoms with van der Waals surface area (Å²) in [6, 6.07) is 8.30. The molecule has 1 aliphatic rings. The molecule has 0 bridgehead atoms. The normalized spacial score (nSPS) is 25.3. The fourth-order valence-electron chi connectivity index (χ4n) is 2.18. The molecule has 1 aromatic rings. The molecule has 0 amide bonds. The van der Waals surface area contributed by atoms with E-state index in [0.29, 0.717) is 11.8 Å². The molecule has 0 fully saturated rings. The molecule has 76 valence electrons. The Morgan fingerprint density at radius 1 is 1.43 bits per heavy atom. The van der Waals surface area contributed by atoms with Gasteiger partial charge in [-0.3, -0.25) is 0 Å². The largest absolute Gasteiger partial charge is 0.493 e. The molecular weight excluding hydrogens is 174 g/mol. The van der Waals surface area contributed by atoms with E-state index in [-0.39, 0.29) is 0 Å². The van der Waals surface area contributed by atoms with Crippen molar-refractivity contribution in [3.8, 4) is 5.75 Å². The molecule has 0 aromatic heterocycles. The van der Waals surface area contributed by atoms with E-state index in [1.807, 2.05) is 12.1 Å². The quantitative estimate of drug-likeness (QED) is 0.777. The van der Waals surface area contributed by atoms with Crippen LogP contribution in [0.25, 0.3) is 0 Å². The molecule has 2 atom stereocenters. The fourth-order valence-corrected chi connectivity index (χ4v) is 2.18. The summed E-state index contributed by atoms with van der Waals surface area (Å²) in [5.41, 5.74) is 6.97. The van der Waals surface area contributed by atoms with Crippen molar-refractivity contribution in [1.29, 1.82) is 0 Å². The maximum Gasteiger partial charge on any atom is 0.122 e. The maximum absolute atomic E-state index is 5.67. The molecule has 2 N–H and O–H groups in total. The Bertz CT molecular complexity index is 311. The van der Waals surface area contributed by atoms with Crippen LogP contribution in [0.1, 0.15) is 24.8 Å². The lowest BCUT2D eigenvalue weighted by Gasteiger charge is -2.31. The van der Waals surface area contributed by atoms with Gasteiger partial charge in [-0.25, -0.2) is 0 Å². The van der Waals surface area contributed by atoms with Crippen LogP contribution in [0.2, 0.25) is 0 Å². The third-order valence-corrected chi connectivity index (χ3v) is 2.98. The zero-order valence-corrected chi connectivity index (χ0v) is 8.57. The standard InChI is InChI=1S/C12H17NO/c1-9-8-14-12-5-3-2-4-11(12)10(9)6-7-13/h2-5,9-10H,6-8,13H2,1H3. The Kier molecular flexibility index (Phi) is 2.73. The lowest BCUT2D eigenvalue weighted by atomic mass is 9.83. The van der Waals surface area contributed by atoms with Crippen LogP contribution >= 0.6 is 0 Å². The first kappa shape index (κ1) is 9.53. The van der Waals surface area contributed by atoms with E-state index >= 15 is 0 Å². The van der Waals surface area contributed by atoms with E-state index < -0.39 is 0 Å². The number of fused-ring (bicyclic) bond motifs is 1. The van der Waals surface area contributed by atoms with E-state index in [0.717, 1.165) is 25.3 Å². The molecule has 14 heavy (non-hydrogen) atoms. The molecule has 1 aliphatic heterocycles. The third kappa shape index (κ3) is 1.62. The topological polar surface area (TPSA) is 35.2 Å². The molecule has 0 aliphatic carbocycles. The second-order valence-corrected chi connectivity index (χ2v) is 4.01. The molecule has 2 rings (SSSR count). The van der Waals surface area contributed by atoms with Gasteiger partial charge in [0.1, 0.15) is 5.75 Å². The van der Waals surface area contributed by atoms with Gasteiger partial charge in [0.25, 0.3) is 0 Å². The number of benzene rings is 1. The molecule has 2 heteroatoms. The molecule has 1 aromatic carbocycles. The van der Waals surface area contributed by atoms with Crippen LogP contribution in [0.5, 0.6) is 5.75 Å². The SMILES string of the molecule is CC1COc2ccccc2C1CCN. The number of hydrogen-bond acceptors (Lipinski definition) is 2. The van der Waals surface area contributed by atoms with Crippen LogP contribution in [0.4, 0.5) is 0 Å². The average molecular weight is 191 g/mol. The summed E-state index contributed by atoms with van der Waals surface area (Å²) in [5, 5.41) is 0. The van der Waals surface area contributed by atoms with Crippen molar-refractivity contribution in [1.82, 2.24) is 0 Å². The molecule has 2 nitrogen and oxygen atoms in total. The second-order valence-electron chi connectivity index (χ2n) is 4.01. The average Bonchev–Trinajstić information content (AvgIpc) is 2.23. The summed E-state index contributed by atoms with van der Waals surface area (Å²) in [7, 11) is 0. The maximum atomic E-state index is 5.67. The lowest BCUT2D eigenvalue weighted by Crippen LogP contribution is -2.25. The van der Waals surface area contributed by atoms with Gasteiger partial charge in [0, 0.05) is 0 Å². The molecule has 0 saturated carbocycles. The Labute approximate surface area is 85.1 Å². The van der Waals surface area contributed by atoms with Crippen molar-refractivity contribution in [3.05, 3.63) is 29.8 Å². The first-order valence-electron chi connectivity index (χ1n) is 5.24. The Hall–Kier alpha value is -1.02. The minimum atomic E-state index is 0.574.